The van der Waals surface area contributed by atoms with Gasteiger partial charge >= 0.3 is 0 Å². The van der Waals surface area contributed by atoms with Gasteiger partial charge in [0.2, 0.25) is 5.88 Å². The summed E-state index contributed by atoms with van der Waals surface area (Å²) >= 11 is 0. The Bertz CT molecular complexity index is 500. The summed E-state index contributed by atoms with van der Waals surface area (Å²) in [7, 11) is 0. The highest BCUT2D eigenvalue weighted by Gasteiger charge is 2.02. The Morgan fingerprint density at radius 3 is 2.78 bits per heavy atom. The molecule has 2 aromatic heterocycles. The van der Waals surface area contributed by atoms with E-state index in [4.69, 9.17) is 4.74 Å². The smallest absolute Gasteiger partial charge is 0.224 e. The Morgan fingerprint density at radius 1 is 1.17 bits per heavy atom. The highest BCUT2D eigenvalue weighted by Crippen LogP contribution is 2.12. The van der Waals surface area contributed by atoms with Crippen molar-refractivity contribution in [1.29, 1.82) is 0 Å². The molecule has 0 aliphatic rings. The predicted molar refractivity (Wildman–Crippen MR) is 67.7 cm³/mol. The lowest BCUT2D eigenvalue weighted by Crippen LogP contribution is -2.03. The second-order valence-corrected chi connectivity index (χ2v) is 3.82. The van der Waals surface area contributed by atoms with Crippen molar-refractivity contribution in [3.63, 3.8) is 0 Å². The van der Waals surface area contributed by atoms with Crippen LogP contribution in [0.2, 0.25) is 0 Å². The van der Waals surface area contributed by atoms with Crippen molar-refractivity contribution in [2.45, 2.75) is 12.8 Å². The monoisotopic (exact) mass is 242 g/mol. The Hall–Kier alpha value is -2.23. The highest BCUT2D eigenvalue weighted by molar-refractivity contribution is 5.77. The van der Waals surface area contributed by atoms with Crippen LogP contribution in [0.1, 0.15) is 22.3 Å². The van der Waals surface area contributed by atoms with Crippen molar-refractivity contribution in [2.75, 3.05) is 6.61 Å². The summed E-state index contributed by atoms with van der Waals surface area (Å²) in [5.41, 5.74) is 1.71. The summed E-state index contributed by atoms with van der Waals surface area (Å²) in [6.07, 6.45) is 7.72. The third kappa shape index (κ3) is 3.38. The van der Waals surface area contributed by atoms with Crippen LogP contribution in [0.25, 0.3) is 0 Å². The van der Waals surface area contributed by atoms with E-state index in [1.807, 2.05) is 12.1 Å². The summed E-state index contributed by atoms with van der Waals surface area (Å²) < 4.78 is 5.49. The molecule has 92 valence electrons. The van der Waals surface area contributed by atoms with E-state index in [1.54, 1.807) is 30.7 Å². The van der Waals surface area contributed by atoms with Crippen molar-refractivity contribution in [2.24, 2.45) is 0 Å². The van der Waals surface area contributed by atoms with Crippen LogP contribution in [0.5, 0.6) is 5.88 Å². The number of aldehydes is 1. The predicted octanol–water partition coefficient (Wildman–Crippen LogP) is 2.30. The molecule has 4 nitrogen and oxygen atoms in total. The van der Waals surface area contributed by atoms with Gasteiger partial charge in [0.25, 0.3) is 0 Å². The lowest BCUT2D eigenvalue weighted by molar-refractivity contribution is 0.111. The molecular weight excluding hydrogens is 228 g/mol. The van der Waals surface area contributed by atoms with Crippen molar-refractivity contribution in [3.8, 4) is 5.88 Å². The number of rotatable bonds is 6. The second-order valence-electron chi connectivity index (χ2n) is 3.82. The molecule has 0 saturated carbocycles. The van der Waals surface area contributed by atoms with Crippen LogP contribution in [0.4, 0.5) is 0 Å². The van der Waals surface area contributed by atoms with E-state index in [2.05, 4.69) is 9.97 Å². The molecule has 0 atom stereocenters. The summed E-state index contributed by atoms with van der Waals surface area (Å²) in [4.78, 5) is 18.7. The minimum atomic E-state index is 0.405. The molecule has 2 rings (SSSR count). The number of aromatic nitrogens is 2. The van der Waals surface area contributed by atoms with Crippen LogP contribution in [-0.4, -0.2) is 22.9 Å². The number of pyridine rings is 2. The van der Waals surface area contributed by atoms with Crippen LogP contribution >= 0.6 is 0 Å². The number of carbonyl (C=O) groups is 1. The van der Waals surface area contributed by atoms with E-state index in [9.17, 15) is 4.79 Å². The Morgan fingerprint density at radius 2 is 2.00 bits per heavy atom. The van der Waals surface area contributed by atoms with Crippen molar-refractivity contribution < 1.29 is 9.53 Å². The average Bonchev–Trinajstić information content (AvgIpc) is 2.45. The first-order valence-corrected chi connectivity index (χ1v) is 5.82. The number of ether oxygens (including phenoxy) is 1. The first-order valence-electron chi connectivity index (χ1n) is 5.82. The fraction of sp³-hybridized carbons (Fsp3) is 0.214. The molecule has 2 aromatic rings. The van der Waals surface area contributed by atoms with E-state index >= 15 is 0 Å². The maximum Gasteiger partial charge on any atom is 0.224 e. The molecule has 0 N–H and O–H groups in total. The molecule has 0 bridgehead atoms. The van der Waals surface area contributed by atoms with E-state index in [1.165, 1.54) is 5.56 Å². The van der Waals surface area contributed by atoms with Crippen molar-refractivity contribution >= 4 is 6.29 Å². The molecule has 0 aliphatic carbocycles. The van der Waals surface area contributed by atoms with Gasteiger partial charge in [-0.15, -0.1) is 0 Å². The minimum Gasteiger partial charge on any atom is -0.477 e. The van der Waals surface area contributed by atoms with Gasteiger partial charge in [-0.25, -0.2) is 4.98 Å². The van der Waals surface area contributed by atoms with Crippen LogP contribution in [0, 0.1) is 0 Å². The fourth-order valence-electron chi connectivity index (χ4n) is 1.61. The maximum absolute atomic E-state index is 10.8. The molecule has 0 unspecified atom stereocenters. The highest BCUT2D eigenvalue weighted by atomic mass is 16.5. The second kappa shape index (κ2) is 6.49. The first kappa shape index (κ1) is 12.2. The SMILES string of the molecule is O=Cc1cccnc1OCCCc1ccncc1. The molecule has 2 heterocycles. The Balaban J connectivity index is 1.80. The molecular formula is C14H14N2O2. The van der Waals surface area contributed by atoms with Crippen LogP contribution in [0.15, 0.2) is 42.9 Å². The number of hydrogen-bond donors (Lipinski definition) is 0. The van der Waals surface area contributed by atoms with Gasteiger partial charge in [-0.3, -0.25) is 9.78 Å². The molecule has 0 amide bonds. The van der Waals surface area contributed by atoms with Gasteiger partial charge in [0.1, 0.15) is 0 Å². The van der Waals surface area contributed by atoms with Gasteiger partial charge in [0.15, 0.2) is 6.29 Å². The topological polar surface area (TPSA) is 52.1 Å². The molecule has 0 aromatic carbocycles. The van der Waals surface area contributed by atoms with Gasteiger partial charge in [-0.05, 0) is 42.7 Å². The molecule has 0 fully saturated rings. The minimum absolute atomic E-state index is 0.405. The number of carbonyl (C=O) groups excluding carboxylic acids is 1. The summed E-state index contributed by atoms with van der Waals surface area (Å²) in [6.45, 7) is 0.542. The largest absolute Gasteiger partial charge is 0.477 e. The zero-order valence-corrected chi connectivity index (χ0v) is 9.95. The van der Waals surface area contributed by atoms with Gasteiger partial charge in [-0.1, -0.05) is 0 Å². The molecule has 0 saturated heterocycles. The number of aryl methyl sites for hydroxylation is 1. The average molecular weight is 242 g/mol. The van der Waals surface area contributed by atoms with Crippen LogP contribution in [-0.2, 0) is 6.42 Å². The quantitative estimate of drug-likeness (QED) is 0.576. The number of hydrogen-bond acceptors (Lipinski definition) is 4. The van der Waals surface area contributed by atoms with Gasteiger partial charge in [0.05, 0.1) is 12.2 Å². The lowest BCUT2D eigenvalue weighted by Gasteiger charge is -2.06. The van der Waals surface area contributed by atoms with Gasteiger partial charge < -0.3 is 4.74 Å². The Labute approximate surface area is 106 Å². The molecule has 18 heavy (non-hydrogen) atoms. The fourth-order valence-corrected chi connectivity index (χ4v) is 1.61. The molecule has 0 spiro atoms. The third-order valence-corrected chi connectivity index (χ3v) is 2.53. The normalized spacial score (nSPS) is 10.0. The van der Waals surface area contributed by atoms with Crippen molar-refractivity contribution in [1.82, 2.24) is 9.97 Å². The molecule has 0 radical (unpaired) electrons. The van der Waals surface area contributed by atoms with Gasteiger partial charge in [-0.2, -0.15) is 0 Å². The van der Waals surface area contributed by atoms with E-state index in [-0.39, 0.29) is 0 Å². The molecule has 4 heteroatoms. The maximum atomic E-state index is 10.8. The first-order chi connectivity index (χ1) is 8.90. The van der Waals surface area contributed by atoms with Crippen LogP contribution in [0.3, 0.4) is 0 Å². The molecule has 0 aliphatic heterocycles. The van der Waals surface area contributed by atoms with Crippen LogP contribution < -0.4 is 4.74 Å². The third-order valence-electron chi connectivity index (χ3n) is 2.53. The zero-order valence-electron chi connectivity index (χ0n) is 9.95. The standard InChI is InChI=1S/C14H14N2O2/c17-11-13-4-1-7-16-14(13)18-10-2-3-12-5-8-15-9-6-12/h1,4-9,11H,2-3,10H2. The summed E-state index contributed by atoms with van der Waals surface area (Å²) in [6, 6.07) is 7.38. The summed E-state index contributed by atoms with van der Waals surface area (Å²) in [5.74, 6) is 0.405. The van der Waals surface area contributed by atoms with Crippen molar-refractivity contribution in [3.05, 3.63) is 54.0 Å². The zero-order chi connectivity index (χ0) is 12.6. The Kier molecular flexibility index (Phi) is 4.41. The van der Waals surface area contributed by atoms with E-state index < -0.39 is 0 Å². The van der Waals surface area contributed by atoms with Gasteiger partial charge in [0, 0.05) is 18.6 Å². The lowest BCUT2D eigenvalue weighted by atomic mass is 10.1. The van der Waals surface area contributed by atoms with E-state index in [0.29, 0.717) is 18.1 Å². The summed E-state index contributed by atoms with van der Waals surface area (Å²) in [5, 5.41) is 0. The van der Waals surface area contributed by atoms with E-state index in [0.717, 1.165) is 19.1 Å². The number of nitrogens with zero attached hydrogens (tertiary/aromatic N) is 2.